The average molecular weight is 330 g/mol. The first-order chi connectivity index (χ1) is 11.5. The summed E-state index contributed by atoms with van der Waals surface area (Å²) in [4.78, 5) is 12.0. The number of ether oxygens (including phenoxy) is 2. The maximum Gasteiger partial charge on any atom is 0.224 e. The van der Waals surface area contributed by atoms with Crippen molar-refractivity contribution in [2.24, 2.45) is 0 Å². The van der Waals surface area contributed by atoms with Gasteiger partial charge in [-0.05, 0) is 35.9 Å². The molecule has 128 valence electrons. The molecule has 0 saturated heterocycles. The number of benzene rings is 2. The van der Waals surface area contributed by atoms with Crippen molar-refractivity contribution < 1.29 is 19.4 Å². The summed E-state index contributed by atoms with van der Waals surface area (Å²) in [6.45, 7) is 0.0807. The fourth-order valence-electron chi connectivity index (χ4n) is 2.30. The van der Waals surface area contributed by atoms with E-state index in [-0.39, 0.29) is 18.9 Å². The lowest BCUT2D eigenvalue weighted by Crippen LogP contribution is -2.29. The summed E-state index contributed by atoms with van der Waals surface area (Å²) in [6.07, 6.45) is -0.673. The normalized spacial score (nSPS) is 11.6. The van der Waals surface area contributed by atoms with Crippen LogP contribution in [0.5, 0.6) is 11.5 Å². The Morgan fingerprint density at radius 2 is 1.88 bits per heavy atom. The number of carbonyl (C=O) groups excluding carboxylic acids is 1. The van der Waals surface area contributed by atoms with Gasteiger partial charge in [0.05, 0.1) is 26.7 Å². The van der Waals surface area contributed by atoms with Gasteiger partial charge in [0.1, 0.15) is 11.5 Å². The number of nitrogens with two attached hydrogens (primary N) is 1. The Balaban J connectivity index is 1.95. The summed E-state index contributed by atoms with van der Waals surface area (Å²) in [5.74, 6) is 0.967. The molecule has 2 aromatic rings. The van der Waals surface area contributed by atoms with Crippen molar-refractivity contribution in [2.45, 2.75) is 12.5 Å². The highest BCUT2D eigenvalue weighted by molar-refractivity contribution is 5.78. The Kier molecular flexibility index (Phi) is 6.03. The summed E-state index contributed by atoms with van der Waals surface area (Å²) < 4.78 is 10.4. The molecule has 0 fully saturated rings. The predicted molar refractivity (Wildman–Crippen MR) is 92.1 cm³/mol. The smallest absolute Gasteiger partial charge is 0.224 e. The fourth-order valence-corrected chi connectivity index (χ4v) is 2.30. The van der Waals surface area contributed by atoms with Crippen LogP contribution in [0.25, 0.3) is 0 Å². The number of anilines is 1. The van der Waals surface area contributed by atoms with E-state index in [4.69, 9.17) is 15.2 Å². The molecule has 0 spiro atoms. The highest BCUT2D eigenvalue weighted by atomic mass is 16.5. The number of aliphatic hydroxyl groups is 1. The lowest BCUT2D eigenvalue weighted by molar-refractivity contribution is -0.120. The molecule has 4 N–H and O–H groups in total. The Morgan fingerprint density at radius 1 is 1.17 bits per heavy atom. The van der Waals surface area contributed by atoms with E-state index in [1.165, 1.54) is 7.11 Å². The first kappa shape index (κ1) is 17.6. The molecule has 1 atom stereocenters. The first-order valence-electron chi connectivity index (χ1n) is 7.54. The quantitative estimate of drug-likeness (QED) is 0.672. The number of rotatable bonds is 7. The molecule has 0 aliphatic rings. The zero-order valence-electron chi connectivity index (χ0n) is 13.8. The van der Waals surface area contributed by atoms with E-state index in [0.717, 1.165) is 5.56 Å². The Morgan fingerprint density at radius 3 is 2.50 bits per heavy atom. The molecule has 0 bridgehead atoms. The van der Waals surface area contributed by atoms with Gasteiger partial charge in [0, 0.05) is 17.8 Å². The fraction of sp³-hybridized carbons (Fsp3) is 0.278. The van der Waals surface area contributed by atoms with Gasteiger partial charge in [-0.2, -0.15) is 0 Å². The second-order valence-corrected chi connectivity index (χ2v) is 5.35. The van der Waals surface area contributed by atoms with Gasteiger partial charge < -0.3 is 25.6 Å². The van der Waals surface area contributed by atoms with Crippen LogP contribution in [0, 0.1) is 0 Å². The van der Waals surface area contributed by atoms with Crippen LogP contribution < -0.4 is 20.5 Å². The molecule has 24 heavy (non-hydrogen) atoms. The standard InChI is InChI=1S/C18H22N2O4/c1-23-14-7-8-17(24-2)15(10-14)16(21)11-20-18(22)9-12-3-5-13(19)6-4-12/h3-8,10,16,21H,9,11,19H2,1-2H3,(H,20,22). The van der Waals surface area contributed by atoms with E-state index >= 15 is 0 Å². The highest BCUT2D eigenvalue weighted by Gasteiger charge is 2.15. The molecule has 0 heterocycles. The van der Waals surface area contributed by atoms with Gasteiger partial charge in [-0.25, -0.2) is 0 Å². The van der Waals surface area contributed by atoms with E-state index in [9.17, 15) is 9.90 Å². The average Bonchev–Trinajstić information content (AvgIpc) is 2.61. The maximum absolute atomic E-state index is 12.0. The van der Waals surface area contributed by atoms with Gasteiger partial charge >= 0.3 is 0 Å². The molecule has 1 unspecified atom stereocenters. The summed E-state index contributed by atoms with van der Waals surface area (Å²) in [6, 6.07) is 12.3. The summed E-state index contributed by atoms with van der Waals surface area (Å²) in [5.41, 5.74) is 7.68. The topological polar surface area (TPSA) is 93.8 Å². The molecular weight excluding hydrogens is 308 g/mol. The molecule has 0 aliphatic heterocycles. The van der Waals surface area contributed by atoms with E-state index in [0.29, 0.717) is 22.7 Å². The monoisotopic (exact) mass is 330 g/mol. The molecule has 0 aliphatic carbocycles. The summed E-state index contributed by atoms with van der Waals surface area (Å²) in [7, 11) is 3.07. The van der Waals surface area contributed by atoms with Gasteiger partial charge in [-0.1, -0.05) is 12.1 Å². The van der Waals surface area contributed by atoms with Crippen LogP contribution in [-0.2, 0) is 11.2 Å². The molecule has 2 rings (SSSR count). The zero-order valence-corrected chi connectivity index (χ0v) is 13.8. The van der Waals surface area contributed by atoms with Gasteiger partial charge in [-0.3, -0.25) is 4.79 Å². The molecule has 0 saturated carbocycles. The molecular formula is C18H22N2O4. The van der Waals surface area contributed by atoms with Crippen LogP contribution >= 0.6 is 0 Å². The Labute approximate surface area is 141 Å². The number of hydrogen-bond donors (Lipinski definition) is 3. The molecule has 0 aromatic heterocycles. The number of amides is 1. The SMILES string of the molecule is COc1ccc(OC)c(C(O)CNC(=O)Cc2ccc(N)cc2)c1. The Hall–Kier alpha value is -2.73. The molecule has 2 aromatic carbocycles. The van der Waals surface area contributed by atoms with E-state index in [1.54, 1.807) is 49.6 Å². The van der Waals surface area contributed by atoms with E-state index < -0.39 is 6.10 Å². The van der Waals surface area contributed by atoms with Crippen LogP contribution in [0.1, 0.15) is 17.2 Å². The Bertz CT molecular complexity index is 686. The second kappa shape index (κ2) is 8.21. The van der Waals surface area contributed by atoms with Gasteiger partial charge in [0.2, 0.25) is 5.91 Å². The van der Waals surface area contributed by atoms with Gasteiger partial charge in [-0.15, -0.1) is 0 Å². The molecule has 0 radical (unpaired) electrons. The molecule has 1 amide bonds. The largest absolute Gasteiger partial charge is 0.497 e. The number of hydrogen-bond acceptors (Lipinski definition) is 5. The van der Waals surface area contributed by atoms with Crippen LogP contribution in [0.3, 0.4) is 0 Å². The third kappa shape index (κ3) is 4.63. The second-order valence-electron chi connectivity index (χ2n) is 5.35. The summed E-state index contributed by atoms with van der Waals surface area (Å²) in [5, 5.41) is 13.1. The molecule has 6 nitrogen and oxygen atoms in total. The predicted octanol–water partition coefficient (Wildman–Crippen LogP) is 1.68. The first-order valence-corrected chi connectivity index (χ1v) is 7.54. The van der Waals surface area contributed by atoms with Crippen molar-refractivity contribution in [3.05, 3.63) is 53.6 Å². The third-order valence-corrected chi connectivity index (χ3v) is 3.63. The van der Waals surface area contributed by atoms with Crippen LogP contribution in [0.2, 0.25) is 0 Å². The number of methoxy groups -OCH3 is 2. The van der Waals surface area contributed by atoms with Gasteiger partial charge in [0.15, 0.2) is 0 Å². The van der Waals surface area contributed by atoms with Crippen molar-refractivity contribution >= 4 is 11.6 Å². The maximum atomic E-state index is 12.0. The zero-order chi connectivity index (χ0) is 17.5. The highest BCUT2D eigenvalue weighted by Crippen LogP contribution is 2.29. The van der Waals surface area contributed by atoms with Crippen molar-refractivity contribution in [1.82, 2.24) is 5.32 Å². The van der Waals surface area contributed by atoms with Crippen LogP contribution in [-0.4, -0.2) is 31.8 Å². The number of nitrogens with one attached hydrogen (secondary N) is 1. The van der Waals surface area contributed by atoms with E-state index in [2.05, 4.69) is 5.32 Å². The lowest BCUT2D eigenvalue weighted by Gasteiger charge is -2.16. The van der Waals surface area contributed by atoms with Crippen molar-refractivity contribution in [2.75, 3.05) is 26.5 Å². The number of nitrogen functional groups attached to an aromatic ring is 1. The minimum Gasteiger partial charge on any atom is -0.497 e. The van der Waals surface area contributed by atoms with Crippen molar-refractivity contribution in [3.63, 3.8) is 0 Å². The summed E-state index contributed by atoms with van der Waals surface area (Å²) >= 11 is 0. The number of carbonyl (C=O) groups is 1. The number of aliphatic hydroxyl groups excluding tert-OH is 1. The van der Waals surface area contributed by atoms with Crippen molar-refractivity contribution in [1.29, 1.82) is 0 Å². The lowest BCUT2D eigenvalue weighted by atomic mass is 10.1. The minimum absolute atomic E-state index is 0.0807. The van der Waals surface area contributed by atoms with Crippen LogP contribution in [0.15, 0.2) is 42.5 Å². The van der Waals surface area contributed by atoms with Gasteiger partial charge in [0.25, 0.3) is 0 Å². The van der Waals surface area contributed by atoms with Crippen LogP contribution in [0.4, 0.5) is 5.69 Å². The third-order valence-electron chi connectivity index (χ3n) is 3.63. The minimum atomic E-state index is -0.898. The van der Waals surface area contributed by atoms with E-state index in [1.807, 2.05) is 0 Å². The van der Waals surface area contributed by atoms with Crippen molar-refractivity contribution in [3.8, 4) is 11.5 Å². The molecule has 6 heteroatoms.